The van der Waals surface area contributed by atoms with Crippen LogP contribution < -0.4 is 0 Å². The van der Waals surface area contributed by atoms with E-state index in [4.69, 9.17) is 10.00 Å². The van der Waals surface area contributed by atoms with Gasteiger partial charge in [0.1, 0.15) is 0 Å². The Hall–Kier alpha value is -1.82. The zero-order chi connectivity index (χ0) is 14.1. The van der Waals surface area contributed by atoms with Gasteiger partial charge in [-0.25, -0.2) is 0 Å². The Kier molecular flexibility index (Phi) is 6.67. The fourth-order valence-electron chi connectivity index (χ4n) is 1.92. The Labute approximate surface area is 115 Å². The second-order valence-corrected chi connectivity index (χ2v) is 4.62. The first kappa shape index (κ1) is 15.2. The molecule has 0 aliphatic carbocycles. The summed E-state index contributed by atoms with van der Waals surface area (Å²) in [5.74, 6) is 0.0338. The Balaban J connectivity index is 2.57. The number of unbranched alkanes of at least 4 members (excludes halogenated alkanes) is 1. The van der Waals surface area contributed by atoms with E-state index in [1.807, 2.05) is 12.1 Å². The van der Waals surface area contributed by atoms with Crippen molar-refractivity contribution in [2.24, 2.45) is 0 Å². The van der Waals surface area contributed by atoms with Crippen molar-refractivity contribution >= 4 is 5.97 Å². The van der Waals surface area contributed by atoms with E-state index in [0.29, 0.717) is 18.6 Å². The van der Waals surface area contributed by atoms with Crippen molar-refractivity contribution in [3.05, 3.63) is 35.4 Å². The van der Waals surface area contributed by atoms with Crippen LogP contribution >= 0.6 is 0 Å². The molecule has 3 heteroatoms. The molecule has 0 aliphatic heterocycles. The third kappa shape index (κ3) is 5.13. The zero-order valence-electron chi connectivity index (χ0n) is 11.7. The van der Waals surface area contributed by atoms with Gasteiger partial charge in [-0.05, 0) is 36.5 Å². The Morgan fingerprint density at radius 2 is 2.00 bits per heavy atom. The number of hydrogen-bond acceptors (Lipinski definition) is 3. The number of ether oxygens (including phenoxy) is 1. The molecular weight excluding hydrogens is 238 g/mol. The highest BCUT2D eigenvalue weighted by Crippen LogP contribution is 2.24. The molecule has 1 unspecified atom stereocenters. The molecule has 1 atom stereocenters. The molecule has 0 saturated heterocycles. The van der Waals surface area contributed by atoms with E-state index in [9.17, 15) is 4.79 Å². The van der Waals surface area contributed by atoms with Crippen LogP contribution in [0.25, 0.3) is 0 Å². The van der Waals surface area contributed by atoms with Gasteiger partial charge in [0.25, 0.3) is 0 Å². The van der Waals surface area contributed by atoms with Crippen LogP contribution in [0.2, 0.25) is 0 Å². The van der Waals surface area contributed by atoms with Crippen molar-refractivity contribution in [2.45, 2.75) is 45.4 Å². The highest BCUT2D eigenvalue weighted by atomic mass is 16.5. The number of hydrogen-bond donors (Lipinski definition) is 0. The van der Waals surface area contributed by atoms with Crippen LogP contribution in [0.4, 0.5) is 0 Å². The minimum atomic E-state index is -0.135. The van der Waals surface area contributed by atoms with Gasteiger partial charge in [0.05, 0.1) is 24.7 Å². The summed E-state index contributed by atoms with van der Waals surface area (Å²) in [6, 6.07) is 9.52. The fourth-order valence-corrected chi connectivity index (χ4v) is 1.92. The van der Waals surface area contributed by atoms with E-state index in [2.05, 4.69) is 19.9 Å². The van der Waals surface area contributed by atoms with Gasteiger partial charge in [0.2, 0.25) is 0 Å². The van der Waals surface area contributed by atoms with Crippen LogP contribution in [0.1, 0.15) is 56.6 Å². The summed E-state index contributed by atoms with van der Waals surface area (Å²) in [4.78, 5) is 11.7. The monoisotopic (exact) mass is 259 g/mol. The molecule has 0 fully saturated rings. The second-order valence-electron chi connectivity index (χ2n) is 4.62. The summed E-state index contributed by atoms with van der Waals surface area (Å²) in [5.41, 5.74) is 1.73. The van der Waals surface area contributed by atoms with E-state index < -0.39 is 0 Å². The number of nitriles is 1. The van der Waals surface area contributed by atoms with Crippen molar-refractivity contribution in [1.29, 1.82) is 5.26 Å². The molecule has 0 spiro atoms. The first-order chi connectivity index (χ1) is 9.21. The molecule has 1 rings (SSSR count). The Morgan fingerprint density at radius 1 is 1.32 bits per heavy atom. The number of nitrogens with zero attached hydrogens (tertiary/aromatic N) is 1. The number of carbonyl (C=O) groups is 1. The molecule has 0 aliphatic rings. The molecule has 0 N–H and O–H groups in total. The molecule has 1 aromatic rings. The lowest BCUT2D eigenvalue weighted by molar-refractivity contribution is -0.144. The summed E-state index contributed by atoms with van der Waals surface area (Å²) in [6.45, 7) is 4.64. The molecule has 1 aromatic carbocycles. The van der Waals surface area contributed by atoms with Crippen LogP contribution in [-0.2, 0) is 9.53 Å². The summed E-state index contributed by atoms with van der Waals surface area (Å²) >= 11 is 0. The Bertz CT molecular complexity index is 431. The van der Waals surface area contributed by atoms with Gasteiger partial charge in [0.15, 0.2) is 0 Å². The zero-order valence-corrected chi connectivity index (χ0v) is 11.7. The van der Waals surface area contributed by atoms with Crippen molar-refractivity contribution in [1.82, 2.24) is 0 Å². The van der Waals surface area contributed by atoms with Crippen LogP contribution in [0, 0.1) is 11.3 Å². The molecule has 0 amide bonds. The molecule has 0 radical (unpaired) electrons. The maximum absolute atomic E-state index is 11.7. The second kappa shape index (κ2) is 8.31. The van der Waals surface area contributed by atoms with E-state index >= 15 is 0 Å². The van der Waals surface area contributed by atoms with E-state index in [1.165, 1.54) is 0 Å². The molecule has 3 nitrogen and oxygen atoms in total. The third-order valence-electron chi connectivity index (χ3n) is 3.18. The normalized spacial score (nSPS) is 11.6. The summed E-state index contributed by atoms with van der Waals surface area (Å²) in [7, 11) is 0. The fraction of sp³-hybridized carbons (Fsp3) is 0.500. The van der Waals surface area contributed by atoms with Gasteiger partial charge >= 0.3 is 5.97 Å². The van der Waals surface area contributed by atoms with Crippen molar-refractivity contribution in [2.75, 3.05) is 6.61 Å². The van der Waals surface area contributed by atoms with Gasteiger partial charge in [-0.3, -0.25) is 4.79 Å². The minimum Gasteiger partial charge on any atom is -0.466 e. The molecule has 102 valence electrons. The lowest BCUT2D eigenvalue weighted by Gasteiger charge is -2.14. The lowest BCUT2D eigenvalue weighted by atomic mass is 9.93. The van der Waals surface area contributed by atoms with Crippen LogP contribution in [-0.4, -0.2) is 12.6 Å². The van der Waals surface area contributed by atoms with Crippen LogP contribution in [0.15, 0.2) is 24.3 Å². The molecule has 19 heavy (non-hydrogen) atoms. The highest BCUT2D eigenvalue weighted by molar-refractivity contribution is 5.70. The summed E-state index contributed by atoms with van der Waals surface area (Å²) in [5, 5.41) is 8.77. The number of rotatable bonds is 7. The molecular formula is C16H21NO2. The van der Waals surface area contributed by atoms with Gasteiger partial charge in [-0.15, -0.1) is 0 Å². The largest absolute Gasteiger partial charge is 0.466 e. The molecule has 0 heterocycles. The number of carbonyl (C=O) groups excluding carboxylic acids is 1. The molecule has 0 bridgehead atoms. The van der Waals surface area contributed by atoms with Crippen molar-refractivity contribution in [3.63, 3.8) is 0 Å². The van der Waals surface area contributed by atoms with Crippen LogP contribution in [0.3, 0.4) is 0 Å². The highest BCUT2D eigenvalue weighted by Gasteiger charge is 2.15. The maximum Gasteiger partial charge on any atom is 0.306 e. The predicted octanol–water partition coefficient (Wildman–Crippen LogP) is 3.79. The predicted molar refractivity (Wildman–Crippen MR) is 74.7 cm³/mol. The number of esters is 1. The SMILES string of the molecule is CCCCOC(=O)CC(CC)c1ccc(C#N)cc1. The van der Waals surface area contributed by atoms with Crippen molar-refractivity contribution < 1.29 is 9.53 Å². The van der Waals surface area contributed by atoms with E-state index in [0.717, 1.165) is 24.8 Å². The molecule has 0 saturated carbocycles. The summed E-state index contributed by atoms with van der Waals surface area (Å²) < 4.78 is 5.19. The average molecular weight is 259 g/mol. The Morgan fingerprint density at radius 3 is 2.53 bits per heavy atom. The average Bonchev–Trinajstić information content (AvgIpc) is 2.45. The first-order valence-corrected chi connectivity index (χ1v) is 6.86. The topological polar surface area (TPSA) is 50.1 Å². The van der Waals surface area contributed by atoms with E-state index in [-0.39, 0.29) is 11.9 Å². The standard InChI is InChI=1S/C16H21NO2/c1-3-5-10-19-16(18)11-14(4-2)15-8-6-13(12-17)7-9-15/h6-9,14H,3-5,10-11H2,1-2H3. The quantitative estimate of drug-likeness (QED) is 0.553. The van der Waals surface area contributed by atoms with Crippen molar-refractivity contribution in [3.8, 4) is 6.07 Å². The third-order valence-corrected chi connectivity index (χ3v) is 3.18. The van der Waals surface area contributed by atoms with Gasteiger partial charge in [-0.2, -0.15) is 5.26 Å². The van der Waals surface area contributed by atoms with Gasteiger partial charge < -0.3 is 4.74 Å². The lowest BCUT2D eigenvalue weighted by Crippen LogP contribution is -2.11. The van der Waals surface area contributed by atoms with Crippen LogP contribution in [0.5, 0.6) is 0 Å². The van der Waals surface area contributed by atoms with Gasteiger partial charge in [0, 0.05) is 0 Å². The number of benzene rings is 1. The minimum absolute atomic E-state index is 0.135. The van der Waals surface area contributed by atoms with E-state index in [1.54, 1.807) is 12.1 Å². The summed E-state index contributed by atoms with van der Waals surface area (Å²) in [6.07, 6.45) is 3.24. The maximum atomic E-state index is 11.7. The molecule has 0 aromatic heterocycles. The van der Waals surface area contributed by atoms with Gasteiger partial charge in [-0.1, -0.05) is 32.4 Å². The smallest absolute Gasteiger partial charge is 0.306 e. The first-order valence-electron chi connectivity index (χ1n) is 6.86.